The highest BCUT2D eigenvalue weighted by atomic mass is 32.2. The number of rotatable bonds is 10. The standard InChI is InChI=1S/C28H37N3O5S/c1-35-21-36-28-12-11-26(17-27(28)31-24-9-10-25(31)19-29(18-24)20-32)37(33,34)30-15-13-23(14-16-30)8-7-22-5-3-2-4-6-22/h2-6,11-12,17,20,23-25H,7-10,13-16,18-19,21H2,1H3. The van der Waals surface area contributed by atoms with Crippen molar-refractivity contribution in [3.8, 4) is 5.75 Å². The predicted molar refractivity (Wildman–Crippen MR) is 142 cm³/mol. The van der Waals surface area contributed by atoms with Crippen LogP contribution >= 0.6 is 0 Å². The number of amides is 1. The molecule has 0 aliphatic carbocycles. The van der Waals surface area contributed by atoms with Crippen molar-refractivity contribution in [3.05, 3.63) is 54.1 Å². The van der Waals surface area contributed by atoms with Gasteiger partial charge in [-0.2, -0.15) is 4.31 Å². The molecule has 2 unspecified atom stereocenters. The van der Waals surface area contributed by atoms with E-state index >= 15 is 0 Å². The third kappa shape index (κ3) is 5.63. The van der Waals surface area contributed by atoms with E-state index in [1.807, 2.05) is 11.0 Å². The molecule has 0 radical (unpaired) electrons. The molecule has 0 N–H and O–H groups in total. The fraction of sp³-hybridized carbons (Fsp3) is 0.536. The molecule has 1 amide bonds. The molecule has 37 heavy (non-hydrogen) atoms. The molecule has 0 saturated carbocycles. The number of methoxy groups -OCH3 is 1. The van der Waals surface area contributed by atoms with Gasteiger partial charge in [0.25, 0.3) is 0 Å². The van der Waals surface area contributed by atoms with Gasteiger partial charge in [-0.15, -0.1) is 0 Å². The Morgan fingerprint density at radius 3 is 2.32 bits per heavy atom. The summed E-state index contributed by atoms with van der Waals surface area (Å²) in [4.78, 5) is 15.8. The number of hydrogen-bond donors (Lipinski definition) is 0. The van der Waals surface area contributed by atoms with Crippen LogP contribution in [-0.2, 0) is 26.0 Å². The van der Waals surface area contributed by atoms with Crippen LogP contribution in [0.25, 0.3) is 0 Å². The minimum atomic E-state index is -3.63. The first-order valence-electron chi connectivity index (χ1n) is 13.3. The Bertz CT molecular complexity index is 1150. The summed E-state index contributed by atoms with van der Waals surface area (Å²) in [6.07, 6.45) is 6.72. The molecule has 2 bridgehead atoms. The van der Waals surface area contributed by atoms with E-state index in [0.717, 1.165) is 50.6 Å². The lowest BCUT2D eigenvalue weighted by Gasteiger charge is -2.41. The molecule has 2 atom stereocenters. The second-order valence-electron chi connectivity index (χ2n) is 10.4. The van der Waals surface area contributed by atoms with Gasteiger partial charge in [0.2, 0.25) is 16.4 Å². The molecule has 0 aromatic heterocycles. The first-order chi connectivity index (χ1) is 18.0. The monoisotopic (exact) mass is 527 g/mol. The van der Waals surface area contributed by atoms with Gasteiger partial charge in [0.15, 0.2) is 6.79 Å². The van der Waals surface area contributed by atoms with E-state index < -0.39 is 10.0 Å². The third-order valence-corrected chi connectivity index (χ3v) is 9.99. The molecule has 3 aliphatic rings. The minimum Gasteiger partial charge on any atom is -0.465 e. The van der Waals surface area contributed by atoms with E-state index in [-0.39, 0.29) is 18.9 Å². The molecular weight excluding hydrogens is 490 g/mol. The van der Waals surface area contributed by atoms with Crippen LogP contribution in [0.15, 0.2) is 53.4 Å². The Morgan fingerprint density at radius 2 is 1.68 bits per heavy atom. The zero-order valence-corrected chi connectivity index (χ0v) is 22.3. The second-order valence-corrected chi connectivity index (χ2v) is 12.3. The van der Waals surface area contributed by atoms with Gasteiger partial charge in [0, 0.05) is 45.4 Å². The van der Waals surface area contributed by atoms with Crippen molar-refractivity contribution in [2.24, 2.45) is 5.92 Å². The molecule has 8 nitrogen and oxygen atoms in total. The lowest BCUT2D eigenvalue weighted by molar-refractivity contribution is -0.119. The molecule has 3 heterocycles. The molecule has 200 valence electrons. The van der Waals surface area contributed by atoms with Crippen molar-refractivity contribution < 1.29 is 22.7 Å². The average Bonchev–Trinajstić information content (AvgIpc) is 3.19. The number of carbonyl (C=O) groups is 1. The van der Waals surface area contributed by atoms with E-state index in [0.29, 0.717) is 42.7 Å². The SMILES string of the molecule is COCOc1ccc(S(=O)(=O)N2CCC(CCc3ccccc3)CC2)cc1N1C2CCC1CN(C=O)C2. The fourth-order valence-corrected chi connectivity index (χ4v) is 7.61. The van der Waals surface area contributed by atoms with Crippen molar-refractivity contribution in [2.75, 3.05) is 45.0 Å². The number of ether oxygens (including phenoxy) is 2. The Kier molecular flexibility index (Phi) is 8.02. The van der Waals surface area contributed by atoms with Crippen LogP contribution in [0, 0.1) is 5.92 Å². The summed E-state index contributed by atoms with van der Waals surface area (Å²) in [6, 6.07) is 15.9. The van der Waals surface area contributed by atoms with Crippen molar-refractivity contribution >= 4 is 22.1 Å². The zero-order valence-electron chi connectivity index (χ0n) is 21.5. The van der Waals surface area contributed by atoms with Gasteiger partial charge in [0.1, 0.15) is 5.75 Å². The van der Waals surface area contributed by atoms with Crippen molar-refractivity contribution in [3.63, 3.8) is 0 Å². The zero-order chi connectivity index (χ0) is 25.8. The molecule has 9 heteroatoms. The number of fused-ring (bicyclic) bond motifs is 2. The number of piperazine rings is 1. The van der Waals surface area contributed by atoms with Crippen LogP contribution in [0.2, 0.25) is 0 Å². The number of nitrogens with zero attached hydrogens (tertiary/aromatic N) is 3. The molecule has 0 spiro atoms. The molecule has 2 aromatic carbocycles. The van der Waals surface area contributed by atoms with Crippen LogP contribution in [0.1, 0.15) is 37.7 Å². The van der Waals surface area contributed by atoms with Gasteiger partial charge in [-0.05, 0) is 68.2 Å². The summed E-state index contributed by atoms with van der Waals surface area (Å²) in [5.74, 6) is 1.15. The van der Waals surface area contributed by atoms with Gasteiger partial charge < -0.3 is 19.3 Å². The van der Waals surface area contributed by atoms with Gasteiger partial charge in [-0.25, -0.2) is 8.42 Å². The Labute approximate surface area is 220 Å². The quantitative estimate of drug-likeness (QED) is 0.348. The van der Waals surface area contributed by atoms with Crippen LogP contribution in [0.3, 0.4) is 0 Å². The normalized spacial score (nSPS) is 22.8. The number of piperidine rings is 1. The van der Waals surface area contributed by atoms with Crippen molar-refractivity contribution in [1.29, 1.82) is 0 Å². The van der Waals surface area contributed by atoms with Crippen LogP contribution < -0.4 is 9.64 Å². The third-order valence-electron chi connectivity index (χ3n) is 8.10. The summed E-state index contributed by atoms with van der Waals surface area (Å²) >= 11 is 0. The molecule has 3 aliphatic heterocycles. The number of hydrogen-bond acceptors (Lipinski definition) is 6. The minimum absolute atomic E-state index is 0.0826. The van der Waals surface area contributed by atoms with Gasteiger partial charge in [-0.1, -0.05) is 30.3 Å². The van der Waals surface area contributed by atoms with E-state index in [9.17, 15) is 13.2 Å². The summed E-state index contributed by atoms with van der Waals surface area (Å²) in [5.41, 5.74) is 2.11. The summed E-state index contributed by atoms with van der Waals surface area (Å²) < 4.78 is 40.0. The van der Waals surface area contributed by atoms with Crippen molar-refractivity contribution in [2.45, 2.75) is 55.5 Å². The maximum absolute atomic E-state index is 13.7. The van der Waals surface area contributed by atoms with Crippen LogP contribution in [-0.4, -0.2) is 76.2 Å². The highest BCUT2D eigenvalue weighted by Gasteiger charge is 2.41. The summed E-state index contributed by atoms with van der Waals surface area (Å²) in [5, 5.41) is 0. The number of aryl methyl sites for hydroxylation is 1. The van der Waals surface area contributed by atoms with E-state index in [4.69, 9.17) is 9.47 Å². The number of carbonyl (C=O) groups excluding carboxylic acids is 1. The average molecular weight is 528 g/mol. The van der Waals surface area contributed by atoms with Gasteiger partial charge >= 0.3 is 0 Å². The predicted octanol–water partition coefficient (Wildman–Crippen LogP) is 3.51. The van der Waals surface area contributed by atoms with Crippen LogP contribution in [0.4, 0.5) is 5.69 Å². The largest absolute Gasteiger partial charge is 0.465 e. The molecule has 2 aromatic rings. The Morgan fingerprint density at radius 1 is 0.973 bits per heavy atom. The topological polar surface area (TPSA) is 79.4 Å². The number of anilines is 1. The van der Waals surface area contributed by atoms with Gasteiger partial charge in [-0.3, -0.25) is 4.79 Å². The van der Waals surface area contributed by atoms with Gasteiger partial charge in [0.05, 0.1) is 10.6 Å². The van der Waals surface area contributed by atoms with Crippen LogP contribution in [0.5, 0.6) is 5.75 Å². The highest BCUT2D eigenvalue weighted by Crippen LogP contribution is 2.41. The van der Waals surface area contributed by atoms with E-state index in [1.165, 1.54) is 5.56 Å². The number of likely N-dealkylation sites (tertiary alicyclic amines) is 1. The first-order valence-corrected chi connectivity index (χ1v) is 14.7. The lowest BCUT2D eigenvalue weighted by atomic mass is 9.91. The molecule has 5 rings (SSSR count). The summed E-state index contributed by atoms with van der Waals surface area (Å²) in [7, 11) is -2.06. The first kappa shape index (κ1) is 26.0. The maximum Gasteiger partial charge on any atom is 0.243 e. The maximum atomic E-state index is 13.7. The lowest BCUT2D eigenvalue weighted by Crippen LogP contribution is -2.53. The van der Waals surface area contributed by atoms with Crippen molar-refractivity contribution in [1.82, 2.24) is 9.21 Å². The fourth-order valence-electron chi connectivity index (χ4n) is 6.12. The highest BCUT2D eigenvalue weighted by molar-refractivity contribution is 7.89. The molecule has 3 saturated heterocycles. The second kappa shape index (κ2) is 11.4. The molecular formula is C28H37N3O5S. The summed E-state index contributed by atoms with van der Waals surface area (Å²) in [6.45, 7) is 2.44. The molecule has 3 fully saturated rings. The van der Waals surface area contributed by atoms with E-state index in [2.05, 4.69) is 29.2 Å². The number of sulfonamides is 1. The smallest absolute Gasteiger partial charge is 0.243 e. The van der Waals surface area contributed by atoms with E-state index in [1.54, 1.807) is 29.6 Å². The Balaban J connectivity index is 1.31. The number of benzene rings is 2. The Hall–Kier alpha value is -2.62.